The van der Waals surface area contributed by atoms with Crippen molar-refractivity contribution in [2.45, 2.75) is 44.1 Å². The highest BCUT2D eigenvalue weighted by atomic mass is 16.3. The third-order valence-electron chi connectivity index (χ3n) is 6.15. The number of fused-ring (bicyclic) bond motifs is 4. The van der Waals surface area contributed by atoms with E-state index in [4.69, 9.17) is 0 Å². The predicted octanol–water partition coefficient (Wildman–Crippen LogP) is 3.99. The largest absolute Gasteiger partial charge is 0.508 e. The van der Waals surface area contributed by atoms with E-state index in [1.54, 1.807) is 6.07 Å². The van der Waals surface area contributed by atoms with E-state index in [1.165, 1.54) is 16.7 Å². The number of hydrogen-bond acceptors (Lipinski definition) is 3. The summed E-state index contributed by atoms with van der Waals surface area (Å²) in [5, 5.41) is 9.77. The predicted molar refractivity (Wildman–Crippen MR) is 102 cm³/mol. The van der Waals surface area contributed by atoms with Crippen LogP contribution in [-0.4, -0.2) is 34.7 Å². The van der Waals surface area contributed by atoms with Crippen molar-refractivity contribution in [2.75, 3.05) is 6.54 Å². The molecule has 0 bridgehead atoms. The summed E-state index contributed by atoms with van der Waals surface area (Å²) in [6.07, 6.45) is 6.79. The zero-order valence-electron chi connectivity index (χ0n) is 14.7. The van der Waals surface area contributed by atoms with Crippen LogP contribution in [0.4, 0.5) is 5.69 Å². The Morgan fingerprint density at radius 2 is 2.04 bits per heavy atom. The van der Waals surface area contributed by atoms with E-state index < -0.39 is 0 Å². The van der Waals surface area contributed by atoms with Gasteiger partial charge in [0.15, 0.2) is 0 Å². The van der Waals surface area contributed by atoms with Crippen molar-refractivity contribution >= 4 is 17.8 Å². The maximum Gasteiger partial charge on any atom is 0.254 e. The van der Waals surface area contributed by atoms with Crippen LogP contribution in [0.3, 0.4) is 0 Å². The van der Waals surface area contributed by atoms with Crippen LogP contribution in [0.5, 0.6) is 5.75 Å². The third-order valence-corrected chi connectivity index (χ3v) is 6.15. The number of piperidine rings is 1. The standard InChI is InChI=1S/C22H22N2O2/c25-17-6-7-18-15(12-17)5-8-21-19(18)2-1-11-24(21)22(26)16-4-3-14-9-10-23-20(14)13-16/h3-4,6-7,10,12-13,19,21,25H,1-2,5,8-9,11H2/t19?,21-/m1/s1. The van der Waals surface area contributed by atoms with Gasteiger partial charge in [-0.25, -0.2) is 0 Å². The number of phenolic OH excluding ortho intramolecular Hbond substituents is 1. The zero-order valence-corrected chi connectivity index (χ0v) is 14.7. The molecule has 2 aromatic carbocycles. The van der Waals surface area contributed by atoms with Gasteiger partial charge >= 0.3 is 0 Å². The Morgan fingerprint density at radius 3 is 2.96 bits per heavy atom. The van der Waals surface area contributed by atoms with Gasteiger partial charge in [-0.05, 0) is 66.6 Å². The number of carbonyl (C=O) groups excluding carboxylic acids is 1. The lowest BCUT2D eigenvalue weighted by molar-refractivity contribution is 0.0546. The monoisotopic (exact) mass is 346 g/mol. The van der Waals surface area contributed by atoms with E-state index in [2.05, 4.69) is 16.0 Å². The first-order valence-corrected chi connectivity index (χ1v) is 9.49. The van der Waals surface area contributed by atoms with E-state index in [-0.39, 0.29) is 11.9 Å². The van der Waals surface area contributed by atoms with E-state index in [9.17, 15) is 9.90 Å². The maximum absolute atomic E-state index is 13.3. The van der Waals surface area contributed by atoms with Gasteiger partial charge in [-0.1, -0.05) is 12.1 Å². The van der Waals surface area contributed by atoms with Gasteiger partial charge in [-0.3, -0.25) is 9.79 Å². The lowest BCUT2D eigenvalue weighted by Crippen LogP contribution is -2.49. The zero-order chi connectivity index (χ0) is 17.7. The van der Waals surface area contributed by atoms with Gasteiger partial charge < -0.3 is 10.0 Å². The number of carbonyl (C=O) groups is 1. The summed E-state index contributed by atoms with van der Waals surface area (Å²) in [5.74, 6) is 0.848. The molecule has 0 radical (unpaired) electrons. The second-order valence-corrected chi connectivity index (χ2v) is 7.60. The van der Waals surface area contributed by atoms with Gasteiger partial charge in [-0.2, -0.15) is 0 Å². The summed E-state index contributed by atoms with van der Waals surface area (Å²) in [4.78, 5) is 19.7. The molecule has 1 aliphatic carbocycles. The molecule has 2 aromatic rings. The highest BCUT2D eigenvalue weighted by Crippen LogP contribution is 2.42. The van der Waals surface area contributed by atoms with Crippen LogP contribution in [0.2, 0.25) is 0 Å². The molecule has 132 valence electrons. The van der Waals surface area contributed by atoms with Crippen molar-refractivity contribution < 1.29 is 9.90 Å². The highest BCUT2D eigenvalue weighted by Gasteiger charge is 2.38. The topological polar surface area (TPSA) is 52.9 Å². The minimum absolute atomic E-state index is 0.131. The van der Waals surface area contributed by atoms with Crippen molar-refractivity contribution in [1.82, 2.24) is 4.90 Å². The Balaban J connectivity index is 1.46. The van der Waals surface area contributed by atoms with Crippen molar-refractivity contribution in [3.63, 3.8) is 0 Å². The number of phenols is 1. The van der Waals surface area contributed by atoms with Crippen LogP contribution in [-0.2, 0) is 12.8 Å². The molecule has 3 aliphatic rings. The summed E-state index contributed by atoms with van der Waals surface area (Å²) in [7, 11) is 0. The maximum atomic E-state index is 13.3. The van der Waals surface area contributed by atoms with Crippen molar-refractivity contribution in [2.24, 2.45) is 4.99 Å². The first kappa shape index (κ1) is 15.6. The van der Waals surface area contributed by atoms with Crippen molar-refractivity contribution in [3.8, 4) is 5.75 Å². The molecular weight excluding hydrogens is 324 g/mol. The number of nitrogens with zero attached hydrogens (tertiary/aromatic N) is 2. The van der Waals surface area contributed by atoms with Gasteiger partial charge in [0.1, 0.15) is 5.75 Å². The molecule has 4 nitrogen and oxygen atoms in total. The fourth-order valence-corrected chi connectivity index (χ4v) is 4.90. The van der Waals surface area contributed by atoms with Crippen LogP contribution in [0.25, 0.3) is 0 Å². The van der Waals surface area contributed by atoms with Crippen LogP contribution in [0, 0.1) is 0 Å². The van der Waals surface area contributed by atoms with Crippen LogP contribution in [0.1, 0.15) is 52.2 Å². The first-order valence-electron chi connectivity index (χ1n) is 9.49. The number of aromatic hydroxyl groups is 1. The lowest BCUT2D eigenvalue weighted by atomic mass is 9.74. The summed E-state index contributed by atoms with van der Waals surface area (Å²) in [5.41, 5.74) is 5.45. The second kappa shape index (κ2) is 5.97. The lowest BCUT2D eigenvalue weighted by Gasteiger charge is -2.45. The molecule has 5 rings (SSSR count). The fraction of sp³-hybridized carbons (Fsp3) is 0.364. The average molecular weight is 346 g/mol. The molecule has 0 saturated carbocycles. The van der Waals surface area contributed by atoms with Crippen LogP contribution >= 0.6 is 0 Å². The molecule has 2 aliphatic heterocycles. The Morgan fingerprint density at radius 1 is 1.12 bits per heavy atom. The number of hydrogen-bond donors (Lipinski definition) is 1. The summed E-state index contributed by atoms with van der Waals surface area (Å²) >= 11 is 0. The molecule has 2 heterocycles. The molecule has 1 saturated heterocycles. The van der Waals surface area contributed by atoms with E-state index in [0.717, 1.165) is 49.9 Å². The molecule has 1 fully saturated rings. The van der Waals surface area contributed by atoms with E-state index in [0.29, 0.717) is 11.7 Å². The van der Waals surface area contributed by atoms with Gasteiger partial charge in [0.05, 0.1) is 5.69 Å². The summed E-state index contributed by atoms with van der Waals surface area (Å²) < 4.78 is 0. The Bertz CT molecular complexity index is 918. The normalized spacial score (nSPS) is 23.3. The van der Waals surface area contributed by atoms with Crippen LogP contribution in [0.15, 0.2) is 41.4 Å². The molecule has 0 spiro atoms. The quantitative estimate of drug-likeness (QED) is 0.849. The van der Waals surface area contributed by atoms with E-state index in [1.807, 2.05) is 30.5 Å². The Labute approximate surface area is 153 Å². The third kappa shape index (κ3) is 2.44. The smallest absolute Gasteiger partial charge is 0.254 e. The summed E-state index contributed by atoms with van der Waals surface area (Å²) in [6.45, 7) is 0.827. The SMILES string of the molecule is O=C(c1ccc2c(c1)N=CC2)N1CCCC2c3ccc(O)cc3CC[C@H]21. The van der Waals surface area contributed by atoms with Crippen molar-refractivity contribution in [1.29, 1.82) is 0 Å². The number of amides is 1. The van der Waals surface area contributed by atoms with Gasteiger partial charge in [0, 0.05) is 36.7 Å². The molecule has 1 amide bonds. The second-order valence-electron chi connectivity index (χ2n) is 7.60. The van der Waals surface area contributed by atoms with Gasteiger partial charge in [-0.15, -0.1) is 0 Å². The number of aliphatic imine (C=N–C) groups is 1. The minimum atomic E-state index is 0.131. The molecule has 1 N–H and O–H groups in total. The Kier molecular flexibility index (Phi) is 3.59. The molecule has 4 heteroatoms. The molecule has 1 unspecified atom stereocenters. The van der Waals surface area contributed by atoms with Gasteiger partial charge in [0.25, 0.3) is 5.91 Å². The number of likely N-dealkylation sites (tertiary alicyclic amines) is 1. The molecule has 26 heavy (non-hydrogen) atoms. The number of aryl methyl sites for hydroxylation is 1. The number of rotatable bonds is 1. The van der Waals surface area contributed by atoms with Gasteiger partial charge in [0.2, 0.25) is 0 Å². The molecule has 2 atom stereocenters. The van der Waals surface area contributed by atoms with Crippen molar-refractivity contribution in [3.05, 3.63) is 58.7 Å². The van der Waals surface area contributed by atoms with Crippen LogP contribution < -0.4 is 0 Å². The molecule has 0 aromatic heterocycles. The summed E-state index contributed by atoms with van der Waals surface area (Å²) in [6, 6.07) is 11.9. The number of benzene rings is 2. The first-order chi connectivity index (χ1) is 12.7. The fourth-order valence-electron chi connectivity index (χ4n) is 4.90. The average Bonchev–Trinajstić information content (AvgIpc) is 3.14. The minimum Gasteiger partial charge on any atom is -0.508 e. The van der Waals surface area contributed by atoms with E-state index >= 15 is 0 Å². The Hall–Kier alpha value is -2.62. The molecular formula is C22H22N2O2. The highest BCUT2D eigenvalue weighted by molar-refractivity contribution is 5.96.